The van der Waals surface area contributed by atoms with Crippen molar-refractivity contribution in [3.05, 3.63) is 27.7 Å². The topological polar surface area (TPSA) is 34.1 Å². The van der Waals surface area contributed by atoms with Crippen molar-refractivity contribution in [1.82, 2.24) is 0 Å². The normalized spacial score (nSPS) is 16.9. The third-order valence-corrected chi connectivity index (χ3v) is 4.11. The van der Waals surface area contributed by atoms with E-state index in [1.807, 2.05) is 6.07 Å². The number of ketones is 1. The van der Waals surface area contributed by atoms with Crippen molar-refractivity contribution in [3.63, 3.8) is 0 Å². The highest BCUT2D eigenvalue weighted by Crippen LogP contribution is 2.32. The van der Waals surface area contributed by atoms with Gasteiger partial charge in [-0.3, -0.25) is 9.00 Å². The molecule has 0 spiro atoms. The quantitative estimate of drug-likeness (QED) is 0.787. The Labute approximate surface area is 93.3 Å². The zero-order chi connectivity index (χ0) is 10.3. The van der Waals surface area contributed by atoms with Crippen LogP contribution in [-0.2, 0) is 17.2 Å². The van der Waals surface area contributed by atoms with Crippen molar-refractivity contribution in [2.24, 2.45) is 0 Å². The van der Waals surface area contributed by atoms with E-state index in [1.54, 1.807) is 12.3 Å². The summed E-state index contributed by atoms with van der Waals surface area (Å²) in [7, 11) is -1.08. The molecule has 0 saturated heterocycles. The second kappa shape index (κ2) is 3.59. The van der Waals surface area contributed by atoms with E-state index in [1.165, 1.54) is 0 Å². The first-order chi connectivity index (χ1) is 6.61. The maximum absolute atomic E-state index is 11.6. The molecule has 74 valence electrons. The lowest BCUT2D eigenvalue weighted by Gasteiger charge is -2.05. The molecule has 0 amide bonds. The van der Waals surface area contributed by atoms with Gasteiger partial charge in [0.05, 0.1) is 10.8 Å². The summed E-state index contributed by atoms with van der Waals surface area (Å²) in [5.74, 6) is 0.117. The van der Waals surface area contributed by atoms with E-state index in [9.17, 15) is 9.00 Å². The van der Waals surface area contributed by atoms with Crippen LogP contribution in [0.1, 0.15) is 22.3 Å². The molecule has 0 bridgehead atoms. The van der Waals surface area contributed by atoms with Gasteiger partial charge in [-0.15, -0.1) is 0 Å². The Bertz CT molecular complexity index is 440. The molecule has 2 rings (SSSR count). The van der Waals surface area contributed by atoms with Crippen molar-refractivity contribution in [2.45, 2.75) is 17.7 Å². The summed E-state index contributed by atoms with van der Waals surface area (Å²) in [5, 5.41) is 0. The number of fused-ring (bicyclic) bond motifs is 1. The number of rotatable bonds is 1. The Morgan fingerprint density at radius 3 is 2.71 bits per heavy atom. The Balaban J connectivity index is 2.72. The highest BCUT2D eigenvalue weighted by Gasteiger charge is 2.25. The van der Waals surface area contributed by atoms with Crippen molar-refractivity contribution < 1.29 is 9.00 Å². The second-order valence-corrected chi connectivity index (χ2v) is 5.48. The predicted octanol–water partition coefficient (Wildman–Crippen LogP) is 2.32. The van der Waals surface area contributed by atoms with Gasteiger partial charge in [0, 0.05) is 27.6 Å². The second-order valence-electron chi connectivity index (χ2n) is 3.28. The largest absolute Gasteiger partial charge is 0.294 e. The maximum atomic E-state index is 11.6. The van der Waals surface area contributed by atoms with Gasteiger partial charge in [-0.05, 0) is 24.1 Å². The van der Waals surface area contributed by atoms with Crippen molar-refractivity contribution >= 4 is 32.5 Å². The van der Waals surface area contributed by atoms with Crippen LogP contribution in [0.4, 0.5) is 0 Å². The number of Topliss-reactive ketones (excluding diaryl/α,β-unsaturated/α-hetero) is 1. The molecule has 1 aliphatic carbocycles. The van der Waals surface area contributed by atoms with E-state index in [-0.39, 0.29) is 5.78 Å². The van der Waals surface area contributed by atoms with E-state index in [0.29, 0.717) is 16.9 Å². The highest BCUT2D eigenvalue weighted by atomic mass is 79.9. The minimum atomic E-state index is -1.08. The average Bonchev–Trinajstić information content (AvgIpc) is 2.50. The zero-order valence-corrected chi connectivity index (χ0v) is 10.1. The Morgan fingerprint density at radius 1 is 1.36 bits per heavy atom. The van der Waals surface area contributed by atoms with Gasteiger partial charge in [0.15, 0.2) is 5.78 Å². The van der Waals surface area contributed by atoms with Crippen LogP contribution < -0.4 is 0 Å². The number of carbonyl (C=O) groups is 1. The zero-order valence-electron chi connectivity index (χ0n) is 7.67. The fourth-order valence-corrected chi connectivity index (χ4v) is 3.07. The molecular weight excluding hydrogens is 264 g/mol. The summed E-state index contributed by atoms with van der Waals surface area (Å²) in [6, 6.07) is 3.64. The summed E-state index contributed by atoms with van der Waals surface area (Å²) < 4.78 is 12.4. The van der Waals surface area contributed by atoms with E-state index < -0.39 is 10.8 Å². The van der Waals surface area contributed by atoms with Crippen LogP contribution in [0.15, 0.2) is 21.5 Å². The molecule has 1 atom stereocenters. The van der Waals surface area contributed by atoms with Gasteiger partial charge < -0.3 is 0 Å². The predicted molar refractivity (Wildman–Crippen MR) is 59.1 cm³/mol. The SMILES string of the molecule is CS(=O)c1ccc(Br)c2c1C(=O)CC2. The molecule has 0 aromatic heterocycles. The van der Waals surface area contributed by atoms with E-state index in [2.05, 4.69) is 15.9 Å². The van der Waals surface area contributed by atoms with Crippen LogP contribution in [0, 0.1) is 0 Å². The molecule has 0 heterocycles. The lowest BCUT2D eigenvalue weighted by Crippen LogP contribution is -2.00. The molecule has 0 saturated carbocycles. The summed E-state index contributed by atoms with van der Waals surface area (Å²) in [4.78, 5) is 12.3. The van der Waals surface area contributed by atoms with Crippen LogP contribution >= 0.6 is 15.9 Å². The van der Waals surface area contributed by atoms with Crippen LogP contribution in [0.25, 0.3) is 0 Å². The van der Waals surface area contributed by atoms with Crippen molar-refractivity contribution in [1.29, 1.82) is 0 Å². The third kappa shape index (κ3) is 1.46. The monoisotopic (exact) mass is 272 g/mol. The van der Waals surface area contributed by atoms with E-state index in [4.69, 9.17) is 0 Å². The van der Waals surface area contributed by atoms with E-state index in [0.717, 1.165) is 16.5 Å². The number of halogens is 1. The lowest BCUT2D eigenvalue weighted by atomic mass is 10.1. The summed E-state index contributed by atoms with van der Waals surface area (Å²) >= 11 is 3.41. The number of carbonyl (C=O) groups excluding carboxylic acids is 1. The first kappa shape index (κ1) is 10.1. The summed E-state index contributed by atoms with van der Waals surface area (Å²) in [5.41, 5.74) is 1.70. The molecule has 0 radical (unpaired) electrons. The van der Waals surface area contributed by atoms with Gasteiger partial charge in [-0.1, -0.05) is 15.9 Å². The molecule has 1 unspecified atom stereocenters. The Hall–Kier alpha value is -0.480. The molecule has 14 heavy (non-hydrogen) atoms. The average molecular weight is 273 g/mol. The number of hydrogen-bond acceptors (Lipinski definition) is 2. The van der Waals surface area contributed by atoms with E-state index >= 15 is 0 Å². The van der Waals surface area contributed by atoms with Crippen LogP contribution in [-0.4, -0.2) is 16.2 Å². The minimum absolute atomic E-state index is 0.117. The fraction of sp³-hybridized carbons (Fsp3) is 0.300. The minimum Gasteiger partial charge on any atom is -0.294 e. The van der Waals surface area contributed by atoms with Gasteiger partial charge >= 0.3 is 0 Å². The molecule has 0 N–H and O–H groups in total. The molecular formula is C10H9BrO2S. The number of benzene rings is 1. The standard InChI is InChI=1S/C10H9BrO2S/c1-14(13)9-5-3-7(11)6-2-4-8(12)10(6)9/h3,5H,2,4H2,1H3. The molecule has 4 heteroatoms. The van der Waals surface area contributed by atoms with Crippen molar-refractivity contribution in [3.8, 4) is 0 Å². The number of hydrogen-bond donors (Lipinski definition) is 0. The smallest absolute Gasteiger partial charge is 0.164 e. The van der Waals surface area contributed by atoms with Gasteiger partial charge in [-0.25, -0.2) is 0 Å². The molecule has 2 nitrogen and oxygen atoms in total. The fourth-order valence-electron chi connectivity index (χ4n) is 1.75. The Kier molecular flexibility index (Phi) is 2.58. The highest BCUT2D eigenvalue weighted by molar-refractivity contribution is 9.10. The van der Waals surface area contributed by atoms with Gasteiger partial charge in [-0.2, -0.15) is 0 Å². The maximum Gasteiger partial charge on any atom is 0.164 e. The lowest BCUT2D eigenvalue weighted by molar-refractivity contribution is 0.0992. The molecule has 1 aromatic rings. The van der Waals surface area contributed by atoms with Crippen LogP contribution in [0.5, 0.6) is 0 Å². The first-order valence-electron chi connectivity index (χ1n) is 4.29. The molecule has 1 aliphatic rings. The van der Waals surface area contributed by atoms with Gasteiger partial charge in [0.1, 0.15) is 0 Å². The first-order valence-corrected chi connectivity index (χ1v) is 6.64. The summed E-state index contributed by atoms with van der Waals surface area (Å²) in [6.45, 7) is 0. The summed E-state index contributed by atoms with van der Waals surface area (Å²) in [6.07, 6.45) is 2.91. The van der Waals surface area contributed by atoms with Gasteiger partial charge in [0.2, 0.25) is 0 Å². The molecule has 0 fully saturated rings. The third-order valence-electron chi connectivity index (χ3n) is 2.41. The van der Waals surface area contributed by atoms with Crippen molar-refractivity contribution in [2.75, 3.05) is 6.26 Å². The molecule has 0 aliphatic heterocycles. The van der Waals surface area contributed by atoms with Crippen LogP contribution in [0.2, 0.25) is 0 Å². The van der Waals surface area contributed by atoms with Gasteiger partial charge in [0.25, 0.3) is 0 Å². The molecule has 1 aromatic carbocycles. The Morgan fingerprint density at radius 2 is 2.07 bits per heavy atom. The van der Waals surface area contributed by atoms with Crippen LogP contribution in [0.3, 0.4) is 0 Å².